The van der Waals surface area contributed by atoms with Gasteiger partial charge in [-0.2, -0.15) is 5.10 Å². The Morgan fingerprint density at radius 1 is 1.15 bits per heavy atom. The van der Waals surface area contributed by atoms with Gasteiger partial charge < -0.3 is 14.8 Å². The summed E-state index contributed by atoms with van der Waals surface area (Å²) in [7, 11) is 3.20. The number of amides is 1. The number of rotatable bonds is 6. The predicted octanol–water partition coefficient (Wildman–Crippen LogP) is 3.58. The Bertz CT molecular complexity index is 891. The predicted molar refractivity (Wildman–Crippen MR) is 99.5 cm³/mol. The highest BCUT2D eigenvalue weighted by Gasteiger charge is 2.15. The van der Waals surface area contributed by atoms with Gasteiger partial charge in [-0.3, -0.25) is 9.89 Å². The van der Waals surface area contributed by atoms with Crippen LogP contribution in [0.15, 0.2) is 54.9 Å². The molecule has 26 heavy (non-hydrogen) atoms. The summed E-state index contributed by atoms with van der Waals surface area (Å²) in [6.45, 7) is 1.93. The highest BCUT2D eigenvalue weighted by Crippen LogP contribution is 2.30. The second kappa shape index (κ2) is 7.74. The lowest BCUT2D eigenvalue weighted by atomic mass is 10.0. The molecule has 0 saturated heterocycles. The number of aromatic amines is 1. The van der Waals surface area contributed by atoms with E-state index in [4.69, 9.17) is 9.47 Å². The molecule has 0 aliphatic carbocycles. The maximum Gasteiger partial charge on any atom is 0.251 e. The van der Waals surface area contributed by atoms with Crippen LogP contribution in [0.4, 0.5) is 0 Å². The smallest absolute Gasteiger partial charge is 0.251 e. The zero-order valence-corrected chi connectivity index (χ0v) is 14.9. The Labute approximate surface area is 152 Å². The van der Waals surface area contributed by atoms with Crippen molar-refractivity contribution < 1.29 is 14.3 Å². The number of benzene rings is 2. The highest BCUT2D eigenvalue weighted by molar-refractivity contribution is 5.95. The lowest BCUT2D eigenvalue weighted by Crippen LogP contribution is -2.26. The van der Waals surface area contributed by atoms with Crippen LogP contribution in [0, 0.1) is 0 Å². The van der Waals surface area contributed by atoms with Crippen molar-refractivity contribution in [3.05, 3.63) is 66.0 Å². The van der Waals surface area contributed by atoms with Gasteiger partial charge in [0.15, 0.2) is 0 Å². The quantitative estimate of drug-likeness (QED) is 0.712. The van der Waals surface area contributed by atoms with E-state index in [1.165, 1.54) is 0 Å². The van der Waals surface area contributed by atoms with Crippen molar-refractivity contribution >= 4 is 5.91 Å². The molecule has 6 nitrogen and oxygen atoms in total. The number of hydrogen-bond donors (Lipinski definition) is 2. The largest absolute Gasteiger partial charge is 0.497 e. The average molecular weight is 351 g/mol. The Morgan fingerprint density at radius 3 is 2.69 bits per heavy atom. The number of carbonyl (C=O) groups excluding carboxylic acids is 1. The molecule has 0 aliphatic rings. The number of hydrogen-bond acceptors (Lipinski definition) is 4. The van der Waals surface area contributed by atoms with Gasteiger partial charge in [-0.1, -0.05) is 12.1 Å². The van der Waals surface area contributed by atoms with Crippen LogP contribution < -0.4 is 14.8 Å². The molecule has 3 rings (SSSR count). The van der Waals surface area contributed by atoms with Gasteiger partial charge in [0.25, 0.3) is 5.91 Å². The maximum atomic E-state index is 12.6. The first-order valence-electron chi connectivity index (χ1n) is 8.24. The van der Waals surface area contributed by atoms with Crippen LogP contribution in [0.1, 0.15) is 28.9 Å². The molecule has 2 N–H and O–H groups in total. The summed E-state index contributed by atoms with van der Waals surface area (Å²) in [6, 6.07) is 12.8. The number of nitrogens with zero attached hydrogens (tertiary/aromatic N) is 1. The van der Waals surface area contributed by atoms with Crippen LogP contribution in [-0.2, 0) is 0 Å². The Kier molecular flexibility index (Phi) is 5.22. The lowest BCUT2D eigenvalue weighted by molar-refractivity contribution is 0.0939. The highest BCUT2D eigenvalue weighted by atomic mass is 16.5. The van der Waals surface area contributed by atoms with Gasteiger partial charge in [0.2, 0.25) is 0 Å². The molecular formula is C20H21N3O3. The molecule has 6 heteroatoms. The Balaban J connectivity index is 1.79. The minimum atomic E-state index is -0.169. The van der Waals surface area contributed by atoms with Crippen molar-refractivity contribution in [3.8, 4) is 22.6 Å². The SMILES string of the molecule is COc1cccc(C(C)NC(=O)c2ccc(-c3cn[nH]c3)c(OC)c2)c1. The molecule has 0 fully saturated rings. The van der Waals surface area contributed by atoms with Gasteiger partial charge in [-0.05, 0) is 42.8 Å². The second-order valence-electron chi connectivity index (χ2n) is 5.87. The topological polar surface area (TPSA) is 76.2 Å². The minimum absolute atomic E-state index is 0.155. The van der Waals surface area contributed by atoms with E-state index < -0.39 is 0 Å². The molecule has 0 aliphatic heterocycles. The van der Waals surface area contributed by atoms with Gasteiger partial charge in [0, 0.05) is 22.9 Å². The van der Waals surface area contributed by atoms with E-state index in [0.717, 1.165) is 22.4 Å². The lowest BCUT2D eigenvalue weighted by Gasteiger charge is -2.16. The van der Waals surface area contributed by atoms with Crippen molar-refractivity contribution in [2.75, 3.05) is 14.2 Å². The van der Waals surface area contributed by atoms with Crippen molar-refractivity contribution in [3.63, 3.8) is 0 Å². The number of H-pyrrole nitrogens is 1. The van der Waals surface area contributed by atoms with Crippen molar-refractivity contribution in [1.82, 2.24) is 15.5 Å². The molecule has 0 bridgehead atoms. The fraction of sp³-hybridized carbons (Fsp3) is 0.200. The van der Waals surface area contributed by atoms with Crippen LogP contribution >= 0.6 is 0 Å². The summed E-state index contributed by atoms with van der Waals surface area (Å²) in [4.78, 5) is 12.6. The summed E-state index contributed by atoms with van der Waals surface area (Å²) >= 11 is 0. The van der Waals surface area contributed by atoms with Crippen LogP contribution in [0.25, 0.3) is 11.1 Å². The van der Waals surface area contributed by atoms with Gasteiger partial charge in [0.05, 0.1) is 26.5 Å². The molecule has 0 saturated carbocycles. The number of nitrogens with one attached hydrogen (secondary N) is 2. The van der Waals surface area contributed by atoms with Gasteiger partial charge in [-0.25, -0.2) is 0 Å². The standard InChI is InChI=1S/C20H21N3O3/c1-13(14-5-4-6-17(9-14)25-2)23-20(24)15-7-8-18(19(10-15)26-3)16-11-21-22-12-16/h4-13H,1-3H3,(H,21,22)(H,23,24). The fourth-order valence-electron chi connectivity index (χ4n) is 2.74. The van der Waals surface area contributed by atoms with Crippen LogP contribution in [-0.4, -0.2) is 30.3 Å². The summed E-state index contributed by atoms with van der Waals surface area (Å²) in [6.07, 6.45) is 3.49. The third-order valence-corrected chi connectivity index (χ3v) is 4.21. The second-order valence-corrected chi connectivity index (χ2v) is 5.87. The van der Waals surface area contributed by atoms with E-state index in [-0.39, 0.29) is 11.9 Å². The fourth-order valence-corrected chi connectivity index (χ4v) is 2.74. The van der Waals surface area contributed by atoms with E-state index in [9.17, 15) is 4.79 Å². The van der Waals surface area contributed by atoms with Crippen LogP contribution in [0.5, 0.6) is 11.5 Å². The zero-order valence-electron chi connectivity index (χ0n) is 14.9. The molecule has 1 unspecified atom stereocenters. The third kappa shape index (κ3) is 3.69. The Morgan fingerprint density at radius 2 is 2.00 bits per heavy atom. The first-order valence-corrected chi connectivity index (χ1v) is 8.24. The van der Waals surface area contributed by atoms with E-state index in [2.05, 4.69) is 15.5 Å². The molecule has 1 heterocycles. The van der Waals surface area contributed by atoms with E-state index >= 15 is 0 Å². The normalized spacial score (nSPS) is 11.7. The monoisotopic (exact) mass is 351 g/mol. The molecule has 1 atom stereocenters. The molecule has 1 aromatic heterocycles. The molecular weight excluding hydrogens is 330 g/mol. The Hall–Kier alpha value is -3.28. The van der Waals surface area contributed by atoms with Gasteiger partial charge in [0.1, 0.15) is 11.5 Å². The molecule has 1 amide bonds. The molecule has 0 spiro atoms. The van der Waals surface area contributed by atoms with Crippen molar-refractivity contribution in [2.24, 2.45) is 0 Å². The minimum Gasteiger partial charge on any atom is -0.497 e. The van der Waals surface area contributed by atoms with Crippen molar-refractivity contribution in [2.45, 2.75) is 13.0 Å². The van der Waals surface area contributed by atoms with Crippen LogP contribution in [0.3, 0.4) is 0 Å². The average Bonchev–Trinajstić information content (AvgIpc) is 3.22. The van der Waals surface area contributed by atoms with E-state index in [1.54, 1.807) is 38.7 Å². The summed E-state index contributed by atoms with van der Waals surface area (Å²) < 4.78 is 10.7. The number of aromatic nitrogens is 2. The summed E-state index contributed by atoms with van der Waals surface area (Å²) in [5.41, 5.74) is 3.28. The first-order chi connectivity index (χ1) is 12.6. The van der Waals surface area contributed by atoms with Crippen LogP contribution in [0.2, 0.25) is 0 Å². The van der Waals surface area contributed by atoms with Gasteiger partial charge in [-0.15, -0.1) is 0 Å². The number of ether oxygens (including phenoxy) is 2. The maximum absolute atomic E-state index is 12.6. The number of carbonyl (C=O) groups is 1. The zero-order chi connectivity index (χ0) is 18.5. The summed E-state index contributed by atoms with van der Waals surface area (Å²) in [5, 5.41) is 9.72. The van der Waals surface area contributed by atoms with Gasteiger partial charge >= 0.3 is 0 Å². The first kappa shape index (κ1) is 17.5. The van der Waals surface area contributed by atoms with Crippen molar-refractivity contribution in [1.29, 1.82) is 0 Å². The third-order valence-electron chi connectivity index (χ3n) is 4.21. The van der Waals surface area contributed by atoms with E-state index in [1.807, 2.05) is 37.3 Å². The molecule has 0 radical (unpaired) electrons. The van der Waals surface area contributed by atoms with E-state index in [0.29, 0.717) is 11.3 Å². The molecule has 2 aromatic carbocycles. The number of methoxy groups -OCH3 is 2. The summed E-state index contributed by atoms with van der Waals surface area (Å²) in [5.74, 6) is 1.21. The molecule has 3 aromatic rings. The molecule has 134 valence electrons.